The number of carboxylic acids is 1. The van der Waals surface area contributed by atoms with Crippen molar-refractivity contribution in [1.29, 1.82) is 0 Å². The molecule has 3 aliphatic rings. The third kappa shape index (κ3) is 4.03. The van der Waals surface area contributed by atoms with Gasteiger partial charge in [-0.3, -0.25) is 4.79 Å². The molecule has 0 bridgehead atoms. The van der Waals surface area contributed by atoms with E-state index < -0.39 is 17.8 Å². The number of alkyl halides is 2. The Bertz CT molecular complexity index is 1100. The van der Waals surface area contributed by atoms with Crippen LogP contribution < -0.4 is 5.32 Å². The van der Waals surface area contributed by atoms with Crippen molar-refractivity contribution in [2.24, 2.45) is 0 Å². The number of aromatic nitrogens is 2. The lowest BCUT2D eigenvalue weighted by molar-refractivity contribution is -0.133. The minimum atomic E-state index is -2.76. The van der Waals surface area contributed by atoms with Crippen LogP contribution in [0.5, 0.6) is 0 Å². The molecule has 0 radical (unpaired) electrons. The molecule has 0 unspecified atom stereocenters. The van der Waals surface area contributed by atoms with Crippen LogP contribution in [0.2, 0.25) is 0 Å². The highest BCUT2D eigenvalue weighted by Gasteiger charge is 2.39. The number of aliphatic carboxylic acids is 1. The maximum Gasteiger partial charge on any atom is 0.332 e. The Morgan fingerprint density at radius 2 is 1.87 bits per heavy atom. The van der Waals surface area contributed by atoms with E-state index in [2.05, 4.69) is 14.7 Å². The summed E-state index contributed by atoms with van der Waals surface area (Å²) in [5, 5.41) is 13.4. The van der Waals surface area contributed by atoms with Crippen LogP contribution in [0, 0.1) is 0 Å². The van der Waals surface area contributed by atoms with E-state index in [-0.39, 0.29) is 30.4 Å². The summed E-state index contributed by atoms with van der Waals surface area (Å²) in [5.41, 5.74) is 1.91. The van der Waals surface area contributed by atoms with Crippen molar-refractivity contribution in [2.75, 3.05) is 5.32 Å². The van der Waals surface area contributed by atoms with Gasteiger partial charge in [-0.25, -0.2) is 18.6 Å². The zero-order valence-corrected chi connectivity index (χ0v) is 18.3. The zero-order chi connectivity index (χ0) is 21.8. The second-order valence-corrected chi connectivity index (χ2v) is 10.3. The molecule has 2 heterocycles. The molecule has 31 heavy (non-hydrogen) atoms. The van der Waals surface area contributed by atoms with Crippen LogP contribution in [0.3, 0.4) is 0 Å². The number of carbonyl (C=O) groups excluding carboxylic acids is 1. The minimum Gasteiger partial charge on any atom is -0.478 e. The van der Waals surface area contributed by atoms with Crippen LogP contribution >= 0.6 is 22.9 Å². The molecular formula is C21H21F2N3O3S2. The monoisotopic (exact) mass is 465 g/mol. The van der Waals surface area contributed by atoms with Gasteiger partial charge in [0.1, 0.15) is 15.8 Å². The van der Waals surface area contributed by atoms with E-state index in [1.165, 1.54) is 11.5 Å². The molecule has 1 saturated carbocycles. The normalized spacial score (nSPS) is 20.5. The lowest BCUT2D eigenvalue weighted by Crippen LogP contribution is -2.24. The first-order valence-electron chi connectivity index (χ1n) is 10.5. The second kappa shape index (κ2) is 7.74. The van der Waals surface area contributed by atoms with Crippen molar-refractivity contribution < 1.29 is 23.5 Å². The number of rotatable bonds is 5. The molecule has 0 saturated heterocycles. The molecule has 1 fully saturated rings. The third-order valence-electron chi connectivity index (χ3n) is 6.08. The average Bonchev–Trinajstić information content (AvgIpc) is 3.36. The van der Waals surface area contributed by atoms with Crippen LogP contribution in [0.15, 0.2) is 11.1 Å². The SMILES string of the molecule is O=C(O)C1=C(C(=O)Nc2sc3c(c2-c2nc(C4CC4)ns2)CCC(F)(F)C3)CCCC1. The molecule has 0 spiro atoms. The second-order valence-electron chi connectivity index (χ2n) is 8.40. The fraction of sp³-hybridized carbons (Fsp3) is 0.524. The topological polar surface area (TPSA) is 92.2 Å². The Balaban J connectivity index is 1.53. The largest absolute Gasteiger partial charge is 0.478 e. The molecule has 2 aromatic heterocycles. The molecule has 164 valence electrons. The molecule has 0 aromatic carbocycles. The van der Waals surface area contributed by atoms with Gasteiger partial charge in [0.2, 0.25) is 0 Å². The molecule has 10 heteroatoms. The van der Waals surface area contributed by atoms with Crippen LogP contribution in [-0.4, -0.2) is 32.3 Å². The van der Waals surface area contributed by atoms with Gasteiger partial charge >= 0.3 is 5.97 Å². The number of hydrogen-bond acceptors (Lipinski definition) is 6. The number of fused-ring (bicyclic) bond motifs is 1. The first-order chi connectivity index (χ1) is 14.8. The van der Waals surface area contributed by atoms with E-state index in [1.54, 1.807) is 0 Å². The summed E-state index contributed by atoms with van der Waals surface area (Å²) in [6, 6.07) is 0. The highest BCUT2D eigenvalue weighted by atomic mass is 32.1. The molecule has 6 nitrogen and oxygen atoms in total. The Hall–Kier alpha value is -2.20. The van der Waals surface area contributed by atoms with E-state index >= 15 is 0 Å². The first-order valence-corrected chi connectivity index (χ1v) is 12.0. The van der Waals surface area contributed by atoms with Crippen molar-refractivity contribution >= 4 is 39.7 Å². The number of carbonyl (C=O) groups is 2. The Morgan fingerprint density at radius 1 is 1.13 bits per heavy atom. The number of hydrogen-bond donors (Lipinski definition) is 2. The van der Waals surface area contributed by atoms with Crippen LogP contribution in [-0.2, 0) is 22.4 Å². The first kappa shape index (κ1) is 20.7. The fourth-order valence-corrected chi connectivity index (χ4v) is 6.49. The Morgan fingerprint density at radius 3 is 2.58 bits per heavy atom. The van der Waals surface area contributed by atoms with Gasteiger partial charge in [0, 0.05) is 34.8 Å². The Kier molecular flexibility index (Phi) is 5.16. The number of amides is 1. The summed E-state index contributed by atoms with van der Waals surface area (Å²) in [6.07, 6.45) is 3.98. The van der Waals surface area contributed by atoms with Crippen LogP contribution in [0.4, 0.5) is 13.8 Å². The number of thiophene rings is 1. The van der Waals surface area contributed by atoms with Gasteiger partial charge in [0.25, 0.3) is 11.8 Å². The average molecular weight is 466 g/mol. The highest BCUT2D eigenvalue weighted by Crippen LogP contribution is 2.49. The summed E-state index contributed by atoms with van der Waals surface area (Å²) in [5.74, 6) is -3.16. The van der Waals surface area contributed by atoms with Crippen LogP contribution in [0.1, 0.15) is 67.1 Å². The fourth-order valence-electron chi connectivity index (χ4n) is 4.28. The van der Waals surface area contributed by atoms with Crippen molar-refractivity contribution in [3.8, 4) is 10.6 Å². The molecular weight excluding hydrogens is 444 g/mol. The molecule has 0 aliphatic heterocycles. The molecule has 3 aliphatic carbocycles. The van der Waals surface area contributed by atoms with Gasteiger partial charge in [-0.05, 0) is 62.0 Å². The summed E-state index contributed by atoms with van der Waals surface area (Å²) in [7, 11) is 0. The summed E-state index contributed by atoms with van der Waals surface area (Å²) >= 11 is 2.38. The quantitative estimate of drug-likeness (QED) is 0.636. The standard InChI is InChI=1S/C21H21F2N3O3S2/c22-21(23)8-7-13-14(9-21)30-18(15(13)19-24-16(26-31-19)10-5-6-10)25-17(27)11-3-1-2-4-12(11)20(28)29/h10H,1-9H2,(H,25,27)(H,28,29). The number of nitrogens with one attached hydrogen (secondary N) is 1. The molecule has 5 rings (SSSR count). The summed E-state index contributed by atoms with van der Waals surface area (Å²) < 4.78 is 32.6. The number of nitrogens with zero attached hydrogens (tertiary/aromatic N) is 2. The van der Waals surface area contributed by atoms with Crippen LogP contribution in [0.25, 0.3) is 10.6 Å². The maximum absolute atomic E-state index is 14.1. The number of anilines is 1. The van der Waals surface area contributed by atoms with E-state index in [1.807, 2.05) is 0 Å². The van der Waals surface area contributed by atoms with Crippen molar-refractivity contribution in [3.05, 3.63) is 27.4 Å². The van der Waals surface area contributed by atoms with Crippen molar-refractivity contribution in [2.45, 2.75) is 69.6 Å². The van der Waals surface area contributed by atoms with E-state index in [4.69, 9.17) is 0 Å². The predicted molar refractivity (Wildman–Crippen MR) is 114 cm³/mol. The molecule has 2 N–H and O–H groups in total. The van der Waals surface area contributed by atoms with Gasteiger partial charge < -0.3 is 10.4 Å². The summed E-state index contributed by atoms with van der Waals surface area (Å²) in [6.45, 7) is 0. The van der Waals surface area contributed by atoms with E-state index in [0.717, 1.165) is 48.4 Å². The van der Waals surface area contributed by atoms with Gasteiger partial charge in [0.05, 0.1) is 5.56 Å². The van der Waals surface area contributed by atoms with Crippen molar-refractivity contribution in [1.82, 2.24) is 9.36 Å². The molecule has 0 atom stereocenters. The lowest BCUT2D eigenvalue weighted by atomic mass is 9.91. The minimum absolute atomic E-state index is 0.144. The number of carboxylic acid groups (broad SMARTS) is 1. The third-order valence-corrected chi connectivity index (χ3v) is 7.97. The van der Waals surface area contributed by atoms with Gasteiger partial charge in [-0.2, -0.15) is 4.37 Å². The lowest BCUT2D eigenvalue weighted by Gasteiger charge is -2.21. The predicted octanol–water partition coefficient (Wildman–Crippen LogP) is 5.16. The van der Waals surface area contributed by atoms with Gasteiger partial charge in [-0.1, -0.05) is 0 Å². The number of halogens is 2. The highest BCUT2D eigenvalue weighted by molar-refractivity contribution is 7.18. The molecule has 1 amide bonds. The maximum atomic E-state index is 14.1. The van der Waals surface area contributed by atoms with Crippen molar-refractivity contribution in [3.63, 3.8) is 0 Å². The Labute approximate surface area is 185 Å². The van der Waals surface area contributed by atoms with E-state index in [9.17, 15) is 23.5 Å². The van der Waals surface area contributed by atoms with Gasteiger partial charge in [-0.15, -0.1) is 11.3 Å². The smallest absolute Gasteiger partial charge is 0.332 e. The van der Waals surface area contributed by atoms with E-state index in [0.29, 0.717) is 39.2 Å². The molecule has 2 aromatic rings. The van der Waals surface area contributed by atoms with Gasteiger partial charge in [0.15, 0.2) is 0 Å². The summed E-state index contributed by atoms with van der Waals surface area (Å²) in [4.78, 5) is 29.8. The zero-order valence-electron chi connectivity index (χ0n) is 16.7.